The van der Waals surface area contributed by atoms with Gasteiger partial charge in [0.05, 0.1) is 24.3 Å². The van der Waals surface area contributed by atoms with Gasteiger partial charge in [0.15, 0.2) is 5.65 Å². The van der Waals surface area contributed by atoms with Gasteiger partial charge in [0.2, 0.25) is 5.28 Å². The first kappa shape index (κ1) is 11.7. The summed E-state index contributed by atoms with van der Waals surface area (Å²) in [4.78, 5) is 10.6. The third-order valence-electron chi connectivity index (χ3n) is 3.16. The van der Waals surface area contributed by atoms with Crippen LogP contribution in [0.3, 0.4) is 0 Å². The van der Waals surface area contributed by atoms with E-state index in [2.05, 4.69) is 32.0 Å². The third-order valence-corrected chi connectivity index (χ3v) is 3.33. The van der Waals surface area contributed by atoms with Gasteiger partial charge in [-0.1, -0.05) is 6.92 Å². The zero-order valence-electron chi connectivity index (χ0n) is 10.1. The van der Waals surface area contributed by atoms with E-state index in [9.17, 15) is 0 Å². The smallest absolute Gasteiger partial charge is 0.226 e. The van der Waals surface area contributed by atoms with Crippen molar-refractivity contribution < 1.29 is 4.74 Å². The van der Waals surface area contributed by atoms with Gasteiger partial charge >= 0.3 is 0 Å². The van der Waals surface area contributed by atoms with E-state index in [1.54, 1.807) is 6.20 Å². The number of anilines is 1. The van der Waals surface area contributed by atoms with E-state index < -0.39 is 0 Å². The van der Waals surface area contributed by atoms with Gasteiger partial charge in [-0.15, -0.1) is 0 Å². The summed E-state index contributed by atoms with van der Waals surface area (Å²) < 4.78 is 5.66. The monoisotopic (exact) mass is 267 g/mol. The van der Waals surface area contributed by atoms with Crippen molar-refractivity contribution in [1.82, 2.24) is 20.2 Å². The number of nitrogens with one attached hydrogen (secondary N) is 1. The summed E-state index contributed by atoms with van der Waals surface area (Å²) in [6.07, 6.45) is 2.97. The van der Waals surface area contributed by atoms with Gasteiger partial charge in [-0.3, -0.25) is 5.10 Å². The Morgan fingerprint density at radius 1 is 1.56 bits per heavy atom. The second kappa shape index (κ2) is 4.70. The summed E-state index contributed by atoms with van der Waals surface area (Å²) in [7, 11) is 0. The maximum Gasteiger partial charge on any atom is 0.226 e. The fourth-order valence-electron chi connectivity index (χ4n) is 2.19. The van der Waals surface area contributed by atoms with Crippen molar-refractivity contribution in [3.8, 4) is 0 Å². The van der Waals surface area contributed by atoms with Crippen molar-refractivity contribution >= 4 is 28.5 Å². The Kier molecular flexibility index (Phi) is 3.05. The molecular weight excluding hydrogens is 254 g/mol. The normalized spacial score (nSPS) is 20.6. The quantitative estimate of drug-likeness (QED) is 0.838. The van der Waals surface area contributed by atoms with E-state index in [0.717, 1.165) is 30.7 Å². The topological polar surface area (TPSA) is 66.9 Å². The SMILES string of the molecule is CCC1CN(c2nc(Cl)nc3[nH]ncc23)CCO1. The molecule has 3 rings (SSSR count). The number of aromatic nitrogens is 4. The lowest BCUT2D eigenvalue weighted by Gasteiger charge is -2.33. The number of aromatic amines is 1. The van der Waals surface area contributed by atoms with Crippen LogP contribution in [0.4, 0.5) is 5.82 Å². The zero-order valence-corrected chi connectivity index (χ0v) is 10.8. The summed E-state index contributed by atoms with van der Waals surface area (Å²) in [6, 6.07) is 0. The average Bonchev–Trinajstić information content (AvgIpc) is 2.85. The largest absolute Gasteiger partial charge is 0.375 e. The van der Waals surface area contributed by atoms with Crippen LogP contribution in [-0.4, -0.2) is 46.0 Å². The summed E-state index contributed by atoms with van der Waals surface area (Å²) >= 11 is 5.94. The number of H-pyrrole nitrogens is 1. The first-order valence-electron chi connectivity index (χ1n) is 6.01. The van der Waals surface area contributed by atoms with E-state index in [1.165, 1.54) is 0 Å². The predicted octanol–water partition coefficient (Wildman–Crippen LogP) is 1.62. The van der Waals surface area contributed by atoms with Crippen LogP contribution in [0.25, 0.3) is 11.0 Å². The van der Waals surface area contributed by atoms with Crippen LogP contribution >= 0.6 is 11.6 Å². The summed E-state index contributed by atoms with van der Waals surface area (Å²) in [5.74, 6) is 0.834. The van der Waals surface area contributed by atoms with Crippen molar-refractivity contribution in [3.63, 3.8) is 0 Å². The molecule has 1 aliphatic heterocycles. The van der Waals surface area contributed by atoms with Crippen LogP contribution in [0.1, 0.15) is 13.3 Å². The van der Waals surface area contributed by atoms with Gasteiger partial charge in [0.25, 0.3) is 0 Å². The lowest BCUT2D eigenvalue weighted by atomic mass is 10.2. The van der Waals surface area contributed by atoms with Crippen LogP contribution in [0, 0.1) is 0 Å². The molecule has 3 heterocycles. The lowest BCUT2D eigenvalue weighted by molar-refractivity contribution is 0.0382. The summed E-state index contributed by atoms with van der Waals surface area (Å²) in [6.45, 7) is 4.46. The van der Waals surface area contributed by atoms with E-state index in [0.29, 0.717) is 12.3 Å². The number of hydrogen-bond donors (Lipinski definition) is 1. The predicted molar refractivity (Wildman–Crippen MR) is 68.9 cm³/mol. The van der Waals surface area contributed by atoms with E-state index in [4.69, 9.17) is 16.3 Å². The van der Waals surface area contributed by atoms with E-state index in [-0.39, 0.29) is 11.4 Å². The van der Waals surface area contributed by atoms with Crippen LogP contribution in [0.2, 0.25) is 5.28 Å². The molecule has 7 heteroatoms. The maximum absolute atomic E-state index is 5.94. The first-order valence-corrected chi connectivity index (χ1v) is 6.39. The molecule has 0 saturated carbocycles. The highest BCUT2D eigenvalue weighted by atomic mass is 35.5. The second-order valence-electron chi connectivity index (χ2n) is 4.30. The maximum atomic E-state index is 5.94. The molecule has 96 valence electrons. The van der Waals surface area contributed by atoms with Gasteiger partial charge in [-0.05, 0) is 18.0 Å². The molecule has 6 nitrogen and oxygen atoms in total. The second-order valence-corrected chi connectivity index (χ2v) is 4.63. The average molecular weight is 268 g/mol. The summed E-state index contributed by atoms with van der Waals surface area (Å²) in [5.41, 5.74) is 0.671. The lowest BCUT2D eigenvalue weighted by Crippen LogP contribution is -2.42. The fraction of sp³-hybridized carbons (Fsp3) is 0.545. The number of fused-ring (bicyclic) bond motifs is 1. The van der Waals surface area contributed by atoms with Crippen molar-refractivity contribution in [2.24, 2.45) is 0 Å². The van der Waals surface area contributed by atoms with Crippen LogP contribution < -0.4 is 4.90 Å². The number of ether oxygens (including phenoxy) is 1. The Balaban J connectivity index is 2.00. The molecule has 0 aromatic carbocycles. The molecule has 1 N–H and O–H groups in total. The molecule has 18 heavy (non-hydrogen) atoms. The van der Waals surface area contributed by atoms with Crippen LogP contribution in [0.15, 0.2) is 6.20 Å². The molecule has 2 aromatic heterocycles. The highest BCUT2D eigenvalue weighted by Gasteiger charge is 2.22. The molecule has 0 spiro atoms. The zero-order chi connectivity index (χ0) is 12.5. The molecule has 0 bridgehead atoms. The Bertz CT molecular complexity index is 557. The van der Waals surface area contributed by atoms with Crippen molar-refractivity contribution in [2.75, 3.05) is 24.6 Å². The van der Waals surface area contributed by atoms with Gasteiger partial charge < -0.3 is 9.64 Å². The minimum atomic E-state index is 0.237. The molecule has 1 saturated heterocycles. The third kappa shape index (κ3) is 2.02. The van der Waals surface area contributed by atoms with Crippen molar-refractivity contribution in [1.29, 1.82) is 0 Å². The molecule has 0 radical (unpaired) electrons. The van der Waals surface area contributed by atoms with Crippen LogP contribution in [-0.2, 0) is 4.74 Å². The van der Waals surface area contributed by atoms with E-state index >= 15 is 0 Å². The number of nitrogens with zero attached hydrogens (tertiary/aromatic N) is 4. The Hall–Kier alpha value is -1.40. The summed E-state index contributed by atoms with van der Waals surface area (Å²) in [5, 5.41) is 7.95. The molecule has 1 fully saturated rings. The highest BCUT2D eigenvalue weighted by molar-refractivity contribution is 6.28. The van der Waals surface area contributed by atoms with Crippen molar-refractivity contribution in [3.05, 3.63) is 11.5 Å². The minimum absolute atomic E-state index is 0.237. The molecule has 0 aliphatic carbocycles. The molecule has 0 amide bonds. The Morgan fingerprint density at radius 2 is 2.44 bits per heavy atom. The fourth-order valence-corrected chi connectivity index (χ4v) is 2.36. The molecule has 1 atom stereocenters. The van der Waals surface area contributed by atoms with Crippen LogP contribution in [0.5, 0.6) is 0 Å². The molecule has 1 aliphatic rings. The Morgan fingerprint density at radius 3 is 3.28 bits per heavy atom. The number of rotatable bonds is 2. The van der Waals surface area contributed by atoms with E-state index in [1.807, 2.05) is 0 Å². The Labute approximate surface area is 109 Å². The van der Waals surface area contributed by atoms with Crippen molar-refractivity contribution in [2.45, 2.75) is 19.4 Å². The molecule has 2 aromatic rings. The van der Waals surface area contributed by atoms with Gasteiger partial charge in [-0.2, -0.15) is 15.1 Å². The molecular formula is C11H14ClN5O. The number of halogens is 1. The van der Waals surface area contributed by atoms with Gasteiger partial charge in [0.1, 0.15) is 5.82 Å². The first-order chi connectivity index (χ1) is 8.78. The highest BCUT2D eigenvalue weighted by Crippen LogP contribution is 2.25. The van der Waals surface area contributed by atoms with Gasteiger partial charge in [0, 0.05) is 13.1 Å². The minimum Gasteiger partial charge on any atom is -0.375 e. The standard InChI is InChI=1S/C11H14ClN5O/c1-2-7-6-17(3-4-18-7)10-8-5-13-16-9(8)14-11(12)15-10/h5,7H,2-4,6H2,1H3,(H,13,14,15,16). The number of morpholine rings is 1. The number of hydrogen-bond acceptors (Lipinski definition) is 5. The molecule has 1 unspecified atom stereocenters. The van der Waals surface area contributed by atoms with Gasteiger partial charge in [-0.25, -0.2) is 0 Å².